The number of ether oxygens (including phenoxy) is 1. The molecule has 0 atom stereocenters. The Morgan fingerprint density at radius 1 is 1.33 bits per heavy atom. The first kappa shape index (κ1) is 20.0. The number of aliphatic hydroxyl groups excluding tert-OH is 1. The van der Waals surface area contributed by atoms with E-state index in [0.29, 0.717) is 16.5 Å². The van der Waals surface area contributed by atoms with Crippen LogP contribution in [-0.2, 0) is 14.3 Å². The molecule has 4 rings (SSSR count). The van der Waals surface area contributed by atoms with Crippen molar-refractivity contribution in [3.05, 3.63) is 40.9 Å². The third-order valence-corrected chi connectivity index (χ3v) is 5.79. The fraction of sp³-hybridized carbons (Fsp3) is 0.316. The van der Waals surface area contributed by atoms with E-state index in [0.717, 1.165) is 16.1 Å². The number of fused-ring (bicyclic) bond motifs is 1. The Morgan fingerprint density at radius 3 is 2.83 bits per heavy atom. The van der Waals surface area contributed by atoms with Crippen LogP contribution in [0.3, 0.4) is 0 Å². The summed E-state index contributed by atoms with van der Waals surface area (Å²) in [5.74, 6) is -0.237. The van der Waals surface area contributed by atoms with E-state index in [4.69, 9.17) is 4.74 Å². The summed E-state index contributed by atoms with van der Waals surface area (Å²) < 4.78 is 6.51. The number of β-amino-alcohol motifs (C(OH)–C–C–N with tert-alkyl or cyclic N) is 1. The number of amides is 1. The molecule has 1 aromatic carbocycles. The molecule has 11 heteroatoms. The lowest BCUT2D eigenvalue weighted by molar-refractivity contribution is -0.136. The number of esters is 1. The molecule has 0 saturated carbocycles. The van der Waals surface area contributed by atoms with Crippen molar-refractivity contribution in [1.82, 2.24) is 24.7 Å². The van der Waals surface area contributed by atoms with Gasteiger partial charge in [0.25, 0.3) is 5.91 Å². The Morgan fingerprint density at radius 2 is 2.13 bits per heavy atom. The molecule has 0 radical (unpaired) electrons. The quantitative estimate of drug-likeness (QED) is 0.561. The second-order valence-electron chi connectivity index (χ2n) is 6.80. The lowest BCUT2D eigenvalue weighted by Gasteiger charge is -2.16. The largest absolute Gasteiger partial charge is 0.466 e. The molecule has 2 N–H and O–H groups in total. The first-order valence-electron chi connectivity index (χ1n) is 9.21. The predicted molar refractivity (Wildman–Crippen MR) is 110 cm³/mol. The first-order chi connectivity index (χ1) is 14.4. The molecule has 30 heavy (non-hydrogen) atoms. The molecular formula is C19H20N6O4S. The number of aromatic nitrogens is 4. The van der Waals surface area contributed by atoms with Gasteiger partial charge in [-0.05, 0) is 25.5 Å². The van der Waals surface area contributed by atoms with Gasteiger partial charge < -0.3 is 20.1 Å². The Bertz CT molecular complexity index is 1180. The summed E-state index contributed by atoms with van der Waals surface area (Å²) >= 11 is 1.41. The molecule has 0 unspecified atom stereocenters. The van der Waals surface area contributed by atoms with E-state index < -0.39 is 5.97 Å². The lowest BCUT2D eigenvalue weighted by Crippen LogP contribution is -2.31. The lowest BCUT2D eigenvalue weighted by atomic mass is 10.1. The Labute approximate surface area is 175 Å². The van der Waals surface area contributed by atoms with Gasteiger partial charge in [0.2, 0.25) is 4.96 Å². The summed E-state index contributed by atoms with van der Waals surface area (Å²) in [5, 5.41) is 25.7. The molecular weight excluding hydrogens is 408 g/mol. The molecule has 2 aromatic heterocycles. The van der Waals surface area contributed by atoms with Gasteiger partial charge in [0.15, 0.2) is 5.82 Å². The van der Waals surface area contributed by atoms with E-state index in [1.807, 2.05) is 32.0 Å². The van der Waals surface area contributed by atoms with Crippen LogP contribution in [0.5, 0.6) is 0 Å². The van der Waals surface area contributed by atoms with Crippen LogP contribution >= 0.6 is 11.3 Å². The van der Waals surface area contributed by atoms with Crippen molar-refractivity contribution in [2.75, 3.05) is 32.1 Å². The number of hydrogen-bond acceptors (Lipinski definition) is 9. The van der Waals surface area contributed by atoms with Crippen molar-refractivity contribution in [3.8, 4) is 10.6 Å². The molecule has 3 aromatic rings. The molecule has 1 aliphatic rings. The average molecular weight is 428 g/mol. The zero-order valence-electron chi connectivity index (χ0n) is 16.7. The molecule has 3 heterocycles. The SMILES string of the molecule is COC(=O)C1=C(Nc2cc(-c3nn4c(C)nnc4s3)ccc2C)C(=O)N(CCO)C1. The van der Waals surface area contributed by atoms with Gasteiger partial charge in [-0.25, -0.2) is 4.79 Å². The summed E-state index contributed by atoms with van der Waals surface area (Å²) in [7, 11) is 1.27. The van der Waals surface area contributed by atoms with E-state index >= 15 is 0 Å². The summed E-state index contributed by atoms with van der Waals surface area (Å²) in [6.45, 7) is 3.76. The molecule has 10 nitrogen and oxygen atoms in total. The number of nitrogens with zero attached hydrogens (tertiary/aromatic N) is 5. The Kier molecular flexibility index (Phi) is 5.22. The number of aliphatic hydroxyl groups is 1. The molecule has 1 amide bonds. The van der Waals surface area contributed by atoms with E-state index in [-0.39, 0.29) is 36.9 Å². The van der Waals surface area contributed by atoms with Crippen molar-refractivity contribution in [1.29, 1.82) is 0 Å². The topological polar surface area (TPSA) is 122 Å². The highest BCUT2D eigenvalue weighted by Crippen LogP contribution is 2.31. The van der Waals surface area contributed by atoms with E-state index in [2.05, 4.69) is 20.6 Å². The first-order valence-corrected chi connectivity index (χ1v) is 10.0. The third kappa shape index (κ3) is 3.42. The monoisotopic (exact) mass is 428 g/mol. The van der Waals surface area contributed by atoms with Crippen LogP contribution in [0, 0.1) is 13.8 Å². The number of rotatable bonds is 6. The van der Waals surface area contributed by atoms with Crippen LogP contribution in [0.2, 0.25) is 0 Å². The normalized spacial score (nSPS) is 14.1. The van der Waals surface area contributed by atoms with Crippen molar-refractivity contribution in [3.63, 3.8) is 0 Å². The standard InChI is InChI=1S/C19H20N6O4S/c1-10-4-5-12(16-23-25-11(2)21-22-19(25)30-16)8-14(10)20-15-13(18(28)29-3)9-24(6-7-26)17(15)27/h4-5,8,20,26H,6-7,9H2,1-3H3. The highest BCUT2D eigenvalue weighted by Gasteiger charge is 2.34. The van der Waals surface area contributed by atoms with Gasteiger partial charge in [0.05, 0.1) is 25.8 Å². The van der Waals surface area contributed by atoms with Crippen molar-refractivity contribution in [2.45, 2.75) is 13.8 Å². The van der Waals surface area contributed by atoms with Gasteiger partial charge in [-0.3, -0.25) is 4.79 Å². The highest BCUT2D eigenvalue weighted by atomic mass is 32.1. The second kappa shape index (κ2) is 7.84. The number of aryl methyl sites for hydroxylation is 2. The van der Waals surface area contributed by atoms with E-state index in [1.54, 1.807) is 4.52 Å². The molecule has 0 aliphatic carbocycles. The molecule has 156 valence electrons. The molecule has 0 spiro atoms. The van der Waals surface area contributed by atoms with Gasteiger partial charge in [-0.1, -0.05) is 23.5 Å². The third-order valence-electron chi connectivity index (χ3n) is 4.84. The maximum atomic E-state index is 12.8. The zero-order valence-corrected chi connectivity index (χ0v) is 17.5. The number of methoxy groups -OCH3 is 1. The minimum absolute atomic E-state index is 0.0864. The Balaban J connectivity index is 1.70. The number of benzene rings is 1. The van der Waals surface area contributed by atoms with E-state index in [9.17, 15) is 14.7 Å². The van der Waals surface area contributed by atoms with Crippen LogP contribution in [0.4, 0.5) is 5.69 Å². The fourth-order valence-corrected chi connectivity index (χ4v) is 4.09. The van der Waals surface area contributed by atoms with Crippen molar-refractivity contribution in [2.24, 2.45) is 0 Å². The predicted octanol–water partition coefficient (Wildman–Crippen LogP) is 1.14. The van der Waals surface area contributed by atoms with Crippen molar-refractivity contribution < 1.29 is 19.4 Å². The minimum atomic E-state index is -0.579. The van der Waals surface area contributed by atoms with Crippen LogP contribution < -0.4 is 5.32 Å². The van der Waals surface area contributed by atoms with Gasteiger partial charge in [-0.15, -0.1) is 10.2 Å². The van der Waals surface area contributed by atoms with Gasteiger partial charge >= 0.3 is 5.97 Å². The smallest absolute Gasteiger partial charge is 0.337 e. The summed E-state index contributed by atoms with van der Waals surface area (Å²) in [6.07, 6.45) is 0. The van der Waals surface area contributed by atoms with Crippen LogP contribution in [-0.4, -0.2) is 68.5 Å². The number of nitrogens with one attached hydrogen (secondary N) is 1. The Hall–Kier alpha value is -3.31. The molecule has 0 saturated heterocycles. The van der Waals surface area contributed by atoms with Crippen LogP contribution in [0.1, 0.15) is 11.4 Å². The second-order valence-corrected chi connectivity index (χ2v) is 7.75. The number of carbonyl (C=O) groups is 2. The van der Waals surface area contributed by atoms with Gasteiger partial charge in [0.1, 0.15) is 10.7 Å². The number of anilines is 1. The summed E-state index contributed by atoms with van der Waals surface area (Å²) in [5.41, 5.74) is 2.80. The van der Waals surface area contributed by atoms with Crippen LogP contribution in [0.15, 0.2) is 29.5 Å². The van der Waals surface area contributed by atoms with Crippen LogP contribution in [0.25, 0.3) is 15.5 Å². The van der Waals surface area contributed by atoms with E-state index in [1.165, 1.54) is 23.3 Å². The summed E-state index contributed by atoms with van der Waals surface area (Å²) in [6, 6.07) is 5.72. The van der Waals surface area contributed by atoms with Gasteiger partial charge in [0, 0.05) is 17.8 Å². The zero-order chi connectivity index (χ0) is 21.4. The fourth-order valence-electron chi connectivity index (χ4n) is 3.20. The molecule has 0 bridgehead atoms. The number of hydrogen-bond donors (Lipinski definition) is 2. The molecule has 0 fully saturated rings. The van der Waals surface area contributed by atoms with Gasteiger partial charge in [-0.2, -0.15) is 9.61 Å². The number of carbonyl (C=O) groups excluding carboxylic acids is 2. The molecule has 1 aliphatic heterocycles. The minimum Gasteiger partial charge on any atom is -0.466 e. The van der Waals surface area contributed by atoms with Crippen molar-refractivity contribution >= 4 is 33.9 Å². The maximum absolute atomic E-state index is 12.8. The average Bonchev–Trinajstić information content (AvgIpc) is 3.40. The highest BCUT2D eigenvalue weighted by molar-refractivity contribution is 7.19. The maximum Gasteiger partial charge on any atom is 0.337 e. The summed E-state index contributed by atoms with van der Waals surface area (Å²) in [4.78, 5) is 27.1.